The van der Waals surface area contributed by atoms with Gasteiger partial charge in [-0.1, -0.05) is 12.8 Å². The van der Waals surface area contributed by atoms with Crippen LogP contribution in [0.2, 0.25) is 0 Å². The second kappa shape index (κ2) is 5.77. The quantitative estimate of drug-likeness (QED) is 0.843. The second-order valence-electron chi connectivity index (χ2n) is 4.84. The van der Waals surface area contributed by atoms with Crippen LogP contribution in [0.15, 0.2) is 18.3 Å². The normalized spacial score (nSPS) is 24.8. The lowest BCUT2D eigenvalue weighted by molar-refractivity contribution is -0.137. The molecule has 1 aromatic rings. The topological polar surface area (TPSA) is 48.1 Å². The third kappa shape index (κ3) is 3.83. The minimum atomic E-state index is -4.38. The highest BCUT2D eigenvalue weighted by atomic mass is 19.4. The summed E-state index contributed by atoms with van der Waals surface area (Å²) in [6, 6.07) is 1.72. The van der Waals surface area contributed by atoms with Crippen LogP contribution in [-0.4, -0.2) is 17.1 Å². The number of halogens is 3. The van der Waals surface area contributed by atoms with Crippen molar-refractivity contribution in [2.75, 3.05) is 0 Å². The van der Waals surface area contributed by atoms with E-state index >= 15 is 0 Å². The Morgan fingerprint density at radius 2 is 1.95 bits per heavy atom. The van der Waals surface area contributed by atoms with Gasteiger partial charge in [0, 0.05) is 18.3 Å². The smallest absolute Gasteiger partial charge is 0.416 e. The molecule has 0 radical (unpaired) electrons. The lowest BCUT2D eigenvalue weighted by atomic mass is 10.1. The number of nitrogens with two attached hydrogens (primary N) is 1. The summed E-state index contributed by atoms with van der Waals surface area (Å²) in [6.45, 7) is 0. The van der Waals surface area contributed by atoms with Crippen LogP contribution < -0.4 is 10.5 Å². The van der Waals surface area contributed by atoms with E-state index in [0.29, 0.717) is 0 Å². The average Bonchev–Trinajstić information content (AvgIpc) is 2.54. The second-order valence-corrected chi connectivity index (χ2v) is 4.84. The minimum Gasteiger partial charge on any atom is -0.473 e. The molecular formula is C13H17F3N2O. The first-order valence-corrected chi connectivity index (χ1v) is 6.42. The number of alkyl halides is 3. The van der Waals surface area contributed by atoms with Gasteiger partial charge in [0.15, 0.2) is 0 Å². The molecule has 2 rings (SSSR count). The fourth-order valence-electron chi connectivity index (χ4n) is 2.25. The summed E-state index contributed by atoms with van der Waals surface area (Å²) in [4.78, 5) is 3.83. The first kappa shape index (κ1) is 14.1. The highest BCUT2D eigenvalue weighted by molar-refractivity contribution is 5.23. The molecule has 1 heterocycles. The Balaban J connectivity index is 2.09. The van der Waals surface area contributed by atoms with Crippen LogP contribution in [-0.2, 0) is 6.18 Å². The summed E-state index contributed by atoms with van der Waals surface area (Å²) in [5.74, 6) is -0.00262. The zero-order valence-electron chi connectivity index (χ0n) is 10.5. The van der Waals surface area contributed by atoms with Gasteiger partial charge in [-0.25, -0.2) is 4.98 Å². The van der Waals surface area contributed by atoms with Crippen molar-refractivity contribution in [1.29, 1.82) is 0 Å². The van der Waals surface area contributed by atoms with Crippen molar-refractivity contribution in [2.24, 2.45) is 5.73 Å². The largest absolute Gasteiger partial charge is 0.473 e. The van der Waals surface area contributed by atoms with Crippen molar-refractivity contribution in [1.82, 2.24) is 4.98 Å². The molecule has 6 heteroatoms. The van der Waals surface area contributed by atoms with Gasteiger partial charge in [-0.05, 0) is 25.3 Å². The first-order valence-electron chi connectivity index (χ1n) is 6.42. The lowest BCUT2D eigenvalue weighted by Crippen LogP contribution is -2.38. The number of rotatable bonds is 2. The van der Waals surface area contributed by atoms with E-state index in [1.54, 1.807) is 0 Å². The Hall–Kier alpha value is -1.30. The molecule has 106 valence electrons. The molecule has 2 N–H and O–H groups in total. The number of hydrogen-bond donors (Lipinski definition) is 1. The van der Waals surface area contributed by atoms with E-state index in [-0.39, 0.29) is 18.0 Å². The molecule has 1 fully saturated rings. The maximum Gasteiger partial charge on any atom is 0.416 e. The van der Waals surface area contributed by atoms with E-state index in [4.69, 9.17) is 10.5 Å². The van der Waals surface area contributed by atoms with Gasteiger partial charge in [-0.3, -0.25) is 0 Å². The Morgan fingerprint density at radius 3 is 2.68 bits per heavy atom. The maximum atomic E-state index is 12.6. The molecule has 2 atom stereocenters. The monoisotopic (exact) mass is 274 g/mol. The van der Waals surface area contributed by atoms with Gasteiger partial charge in [-0.2, -0.15) is 13.2 Å². The predicted octanol–water partition coefficient (Wildman–Crippen LogP) is 3.14. The van der Waals surface area contributed by atoms with Gasteiger partial charge in [-0.15, -0.1) is 0 Å². The Kier molecular flexibility index (Phi) is 4.29. The maximum absolute atomic E-state index is 12.6. The molecule has 0 aromatic carbocycles. The van der Waals surface area contributed by atoms with Gasteiger partial charge < -0.3 is 10.5 Å². The van der Waals surface area contributed by atoms with Crippen molar-refractivity contribution in [2.45, 2.75) is 50.4 Å². The molecule has 0 saturated heterocycles. The van der Waals surface area contributed by atoms with E-state index in [1.807, 2.05) is 0 Å². The van der Waals surface area contributed by atoms with Crippen molar-refractivity contribution in [3.05, 3.63) is 23.9 Å². The summed E-state index contributed by atoms with van der Waals surface area (Å²) in [6.07, 6.45) is 1.19. The molecule has 1 aromatic heterocycles. The molecule has 3 nitrogen and oxygen atoms in total. The number of nitrogens with zero attached hydrogens (tertiary/aromatic N) is 1. The van der Waals surface area contributed by atoms with Crippen LogP contribution in [0.1, 0.15) is 37.7 Å². The van der Waals surface area contributed by atoms with Crippen molar-refractivity contribution in [3.63, 3.8) is 0 Å². The molecule has 0 aliphatic heterocycles. The predicted molar refractivity (Wildman–Crippen MR) is 64.7 cm³/mol. The fraction of sp³-hybridized carbons (Fsp3) is 0.615. The van der Waals surface area contributed by atoms with Crippen LogP contribution in [0, 0.1) is 0 Å². The molecule has 0 bridgehead atoms. The Labute approximate surface area is 110 Å². The van der Waals surface area contributed by atoms with Crippen molar-refractivity contribution in [3.8, 4) is 5.88 Å². The van der Waals surface area contributed by atoms with E-state index in [2.05, 4.69) is 4.98 Å². The molecule has 19 heavy (non-hydrogen) atoms. The van der Waals surface area contributed by atoms with Gasteiger partial charge >= 0.3 is 6.18 Å². The van der Waals surface area contributed by atoms with Crippen LogP contribution in [0.4, 0.5) is 13.2 Å². The number of aromatic nitrogens is 1. The van der Waals surface area contributed by atoms with E-state index in [1.165, 1.54) is 0 Å². The highest BCUT2D eigenvalue weighted by Gasteiger charge is 2.31. The van der Waals surface area contributed by atoms with E-state index in [9.17, 15) is 13.2 Å². The molecule has 1 saturated carbocycles. The van der Waals surface area contributed by atoms with E-state index < -0.39 is 11.7 Å². The van der Waals surface area contributed by atoms with Crippen molar-refractivity contribution >= 4 is 0 Å². The molecule has 1 aliphatic rings. The standard InChI is InChI=1S/C13H17F3N2O/c14-13(15,16)9-6-7-18-12(8-9)19-11-5-3-1-2-4-10(11)17/h6-8,10-11H,1-5,17H2. The SMILES string of the molecule is NC1CCCCCC1Oc1cc(C(F)(F)F)ccn1. The van der Waals surface area contributed by atoms with Crippen molar-refractivity contribution < 1.29 is 17.9 Å². The molecule has 1 aliphatic carbocycles. The number of hydrogen-bond acceptors (Lipinski definition) is 3. The van der Waals surface area contributed by atoms with Gasteiger partial charge in [0.1, 0.15) is 6.10 Å². The van der Waals surface area contributed by atoms with Gasteiger partial charge in [0.05, 0.1) is 5.56 Å². The van der Waals surface area contributed by atoms with Gasteiger partial charge in [0.25, 0.3) is 0 Å². The Bertz CT molecular complexity index is 423. The summed E-state index contributed by atoms with van der Waals surface area (Å²) in [5, 5.41) is 0. The van der Waals surface area contributed by atoms with Crippen LogP contribution in [0.25, 0.3) is 0 Å². The third-order valence-corrected chi connectivity index (χ3v) is 3.34. The van der Waals surface area contributed by atoms with Gasteiger partial charge in [0.2, 0.25) is 5.88 Å². The zero-order chi connectivity index (χ0) is 13.9. The summed E-state index contributed by atoms with van der Waals surface area (Å²) < 4.78 is 43.3. The Morgan fingerprint density at radius 1 is 1.21 bits per heavy atom. The number of ether oxygens (including phenoxy) is 1. The van der Waals surface area contributed by atoms with Crippen LogP contribution in [0.5, 0.6) is 5.88 Å². The van der Waals surface area contributed by atoms with Crippen LogP contribution in [0.3, 0.4) is 0 Å². The molecular weight excluding hydrogens is 257 g/mol. The average molecular weight is 274 g/mol. The highest BCUT2D eigenvalue weighted by Crippen LogP contribution is 2.31. The number of pyridine rings is 1. The summed E-state index contributed by atoms with van der Waals surface area (Å²) in [5.41, 5.74) is 5.23. The summed E-state index contributed by atoms with van der Waals surface area (Å²) >= 11 is 0. The zero-order valence-corrected chi connectivity index (χ0v) is 10.5. The molecule has 2 unspecified atom stereocenters. The minimum absolute atomic E-state index is 0.00262. The summed E-state index contributed by atoms with van der Waals surface area (Å²) in [7, 11) is 0. The van der Waals surface area contributed by atoms with E-state index in [0.717, 1.165) is 50.4 Å². The van der Waals surface area contributed by atoms with Crippen LogP contribution >= 0.6 is 0 Å². The molecule has 0 spiro atoms. The fourth-order valence-corrected chi connectivity index (χ4v) is 2.25. The first-order chi connectivity index (χ1) is 8.97. The third-order valence-electron chi connectivity index (χ3n) is 3.34. The lowest BCUT2D eigenvalue weighted by Gasteiger charge is -2.22. The molecule has 0 amide bonds.